The van der Waals surface area contributed by atoms with E-state index >= 15 is 0 Å². The molecule has 0 aromatic heterocycles. The molecule has 1 aromatic rings. The molecule has 1 aromatic carbocycles. The minimum Gasteiger partial charge on any atom is -0.508 e. The van der Waals surface area contributed by atoms with Gasteiger partial charge in [-0.25, -0.2) is 0 Å². The maximum absolute atomic E-state index is 11.9. The molecule has 0 aliphatic rings. The minimum absolute atomic E-state index is 0.0138. The summed E-state index contributed by atoms with van der Waals surface area (Å²) in [4.78, 5) is 11.9. The molecule has 0 bridgehead atoms. The third kappa shape index (κ3) is 3.35. The van der Waals surface area contributed by atoms with Crippen molar-refractivity contribution >= 4 is 5.78 Å². The van der Waals surface area contributed by atoms with E-state index in [-0.39, 0.29) is 18.0 Å². The summed E-state index contributed by atoms with van der Waals surface area (Å²) >= 11 is 0. The summed E-state index contributed by atoms with van der Waals surface area (Å²) in [5, 5.41) is 9.29. The van der Waals surface area contributed by atoms with Crippen LogP contribution in [0.3, 0.4) is 0 Å². The predicted molar refractivity (Wildman–Crippen MR) is 64.3 cm³/mol. The van der Waals surface area contributed by atoms with Gasteiger partial charge in [-0.1, -0.05) is 25.5 Å². The molecule has 0 saturated heterocycles. The normalized spacial score (nSPS) is 14.4. The second-order valence-corrected chi connectivity index (χ2v) is 4.44. The Morgan fingerprint density at radius 2 is 2.19 bits per heavy atom. The van der Waals surface area contributed by atoms with E-state index in [1.165, 1.54) is 0 Å². The van der Waals surface area contributed by atoms with Crippen molar-refractivity contribution in [2.45, 2.75) is 38.6 Å². The smallest absolute Gasteiger partial charge is 0.156 e. The lowest BCUT2D eigenvalue weighted by Gasteiger charge is -2.22. The second-order valence-electron chi connectivity index (χ2n) is 4.44. The molecule has 16 heavy (non-hydrogen) atoms. The molecular formula is C13H19NO2. The second kappa shape index (κ2) is 5.12. The highest BCUT2D eigenvalue weighted by Crippen LogP contribution is 2.16. The zero-order chi connectivity index (χ0) is 12.2. The molecule has 0 saturated carbocycles. The van der Waals surface area contributed by atoms with Gasteiger partial charge >= 0.3 is 0 Å². The number of carbonyl (C=O) groups excluding carboxylic acids is 1. The molecule has 0 aliphatic heterocycles. The van der Waals surface area contributed by atoms with Gasteiger partial charge in [0.1, 0.15) is 5.75 Å². The van der Waals surface area contributed by atoms with E-state index in [0.29, 0.717) is 6.42 Å². The van der Waals surface area contributed by atoms with Gasteiger partial charge in [0.15, 0.2) is 5.78 Å². The lowest BCUT2D eigenvalue weighted by Crippen LogP contribution is -2.45. The van der Waals surface area contributed by atoms with Crippen LogP contribution in [0.15, 0.2) is 24.3 Å². The number of nitrogens with two attached hydrogens (primary N) is 1. The van der Waals surface area contributed by atoms with Crippen molar-refractivity contribution in [3.63, 3.8) is 0 Å². The first-order chi connectivity index (χ1) is 7.45. The molecule has 0 aliphatic carbocycles. The molecule has 1 unspecified atom stereocenters. The molecule has 1 atom stereocenters. The number of phenols is 1. The van der Waals surface area contributed by atoms with E-state index in [1.54, 1.807) is 25.1 Å². The van der Waals surface area contributed by atoms with Crippen LogP contribution in [0.5, 0.6) is 5.75 Å². The Hall–Kier alpha value is -1.35. The summed E-state index contributed by atoms with van der Waals surface area (Å²) in [6, 6.07) is 6.73. The zero-order valence-corrected chi connectivity index (χ0v) is 9.86. The molecule has 3 nitrogen and oxygen atoms in total. The van der Waals surface area contributed by atoms with E-state index in [0.717, 1.165) is 12.0 Å². The van der Waals surface area contributed by atoms with Gasteiger partial charge in [0.05, 0.1) is 5.54 Å². The Bertz CT molecular complexity index is 372. The Morgan fingerprint density at radius 3 is 2.75 bits per heavy atom. The third-order valence-electron chi connectivity index (χ3n) is 2.68. The maximum Gasteiger partial charge on any atom is 0.156 e. The number of hydrogen-bond acceptors (Lipinski definition) is 3. The molecule has 3 N–H and O–H groups in total. The predicted octanol–water partition coefficient (Wildman–Crippen LogP) is 2.02. The molecule has 1 rings (SSSR count). The highest BCUT2D eigenvalue weighted by Gasteiger charge is 2.26. The Balaban J connectivity index is 2.71. The van der Waals surface area contributed by atoms with E-state index in [4.69, 9.17) is 5.73 Å². The largest absolute Gasteiger partial charge is 0.508 e. The van der Waals surface area contributed by atoms with Crippen LogP contribution in [0.25, 0.3) is 0 Å². The number of ketones is 1. The first-order valence-corrected chi connectivity index (χ1v) is 5.56. The van der Waals surface area contributed by atoms with E-state index in [1.807, 2.05) is 13.0 Å². The molecule has 0 radical (unpaired) electrons. The van der Waals surface area contributed by atoms with Gasteiger partial charge in [0.25, 0.3) is 0 Å². The monoisotopic (exact) mass is 221 g/mol. The Kier molecular flexibility index (Phi) is 4.07. The van der Waals surface area contributed by atoms with Crippen molar-refractivity contribution in [3.8, 4) is 5.75 Å². The highest BCUT2D eigenvalue weighted by molar-refractivity contribution is 5.89. The molecule has 0 fully saturated rings. The summed E-state index contributed by atoms with van der Waals surface area (Å²) in [5.74, 6) is 0.194. The van der Waals surface area contributed by atoms with Gasteiger partial charge < -0.3 is 10.8 Å². The number of Topliss-reactive ketones (excluding diaryl/α,β-unsaturated/α-hetero) is 1. The lowest BCUT2D eigenvalue weighted by atomic mass is 9.88. The fourth-order valence-electron chi connectivity index (χ4n) is 1.71. The molecular weight excluding hydrogens is 202 g/mol. The quantitative estimate of drug-likeness (QED) is 0.799. The number of hydrogen-bond donors (Lipinski definition) is 2. The van der Waals surface area contributed by atoms with E-state index in [9.17, 15) is 9.90 Å². The molecule has 0 heterocycles. The topological polar surface area (TPSA) is 63.3 Å². The standard InChI is InChI=1S/C13H19NO2/c1-3-7-13(2,14)12(16)9-10-5-4-6-11(15)8-10/h4-6,8,15H,3,7,9,14H2,1-2H3. The SMILES string of the molecule is CCCC(C)(N)C(=O)Cc1cccc(O)c1. The number of rotatable bonds is 5. The van der Waals surface area contributed by atoms with Crippen molar-refractivity contribution in [3.05, 3.63) is 29.8 Å². The average molecular weight is 221 g/mol. The molecule has 3 heteroatoms. The van der Waals surface area contributed by atoms with Crippen LogP contribution in [0.4, 0.5) is 0 Å². The van der Waals surface area contributed by atoms with Gasteiger partial charge in [-0.2, -0.15) is 0 Å². The minimum atomic E-state index is -0.764. The first-order valence-electron chi connectivity index (χ1n) is 5.56. The first kappa shape index (κ1) is 12.7. The number of phenolic OH excluding ortho intramolecular Hbond substituents is 1. The van der Waals surface area contributed by atoms with Gasteiger partial charge in [-0.05, 0) is 31.0 Å². The van der Waals surface area contributed by atoms with Gasteiger partial charge in [0, 0.05) is 6.42 Å². The van der Waals surface area contributed by atoms with Crippen molar-refractivity contribution in [2.75, 3.05) is 0 Å². The van der Waals surface area contributed by atoms with Crippen LogP contribution in [0, 0.1) is 0 Å². The van der Waals surface area contributed by atoms with Crippen LogP contribution in [-0.4, -0.2) is 16.4 Å². The third-order valence-corrected chi connectivity index (χ3v) is 2.68. The summed E-state index contributed by atoms with van der Waals surface area (Å²) in [6.45, 7) is 3.77. The average Bonchev–Trinajstić information content (AvgIpc) is 2.17. The summed E-state index contributed by atoms with van der Waals surface area (Å²) < 4.78 is 0. The number of carbonyl (C=O) groups is 1. The summed E-state index contributed by atoms with van der Waals surface area (Å²) in [5.41, 5.74) is 5.98. The summed E-state index contributed by atoms with van der Waals surface area (Å²) in [7, 11) is 0. The highest BCUT2D eigenvalue weighted by atomic mass is 16.3. The Labute approximate surface area is 96.3 Å². The molecule has 0 spiro atoms. The van der Waals surface area contributed by atoms with Crippen molar-refractivity contribution in [1.29, 1.82) is 0 Å². The van der Waals surface area contributed by atoms with Crippen LogP contribution in [0.2, 0.25) is 0 Å². The van der Waals surface area contributed by atoms with Crippen molar-refractivity contribution < 1.29 is 9.90 Å². The van der Waals surface area contributed by atoms with Crippen LogP contribution < -0.4 is 5.73 Å². The fourth-order valence-corrected chi connectivity index (χ4v) is 1.71. The number of aromatic hydroxyl groups is 1. The van der Waals surface area contributed by atoms with Crippen LogP contribution in [0.1, 0.15) is 32.3 Å². The van der Waals surface area contributed by atoms with E-state index < -0.39 is 5.54 Å². The number of benzene rings is 1. The zero-order valence-electron chi connectivity index (χ0n) is 9.86. The van der Waals surface area contributed by atoms with Crippen molar-refractivity contribution in [2.24, 2.45) is 5.73 Å². The molecule has 0 amide bonds. The van der Waals surface area contributed by atoms with Gasteiger partial charge in [-0.3, -0.25) is 4.79 Å². The van der Waals surface area contributed by atoms with Crippen LogP contribution >= 0.6 is 0 Å². The van der Waals surface area contributed by atoms with Gasteiger partial charge in [-0.15, -0.1) is 0 Å². The lowest BCUT2D eigenvalue weighted by molar-refractivity contribution is -0.123. The Morgan fingerprint density at radius 1 is 1.50 bits per heavy atom. The summed E-state index contributed by atoms with van der Waals surface area (Å²) in [6.07, 6.45) is 1.85. The van der Waals surface area contributed by atoms with E-state index in [2.05, 4.69) is 0 Å². The van der Waals surface area contributed by atoms with Crippen molar-refractivity contribution in [1.82, 2.24) is 0 Å². The maximum atomic E-state index is 11.9. The fraction of sp³-hybridized carbons (Fsp3) is 0.462. The van der Waals surface area contributed by atoms with Crippen LogP contribution in [-0.2, 0) is 11.2 Å². The van der Waals surface area contributed by atoms with Gasteiger partial charge in [0.2, 0.25) is 0 Å². The molecule has 88 valence electrons.